The summed E-state index contributed by atoms with van der Waals surface area (Å²) in [6, 6.07) is 1.68. The van der Waals surface area contributed by atoms with E-state index >= 15 is 0 Å². The maximum Gasteiger partial charge on any atom is 0.272 e. The van der Waals surface area contributed by atoms with Gasteiger partial charge in [0.1, 0.15) is 5.69 Å². The third-order valence-electron chi connectivity index (χ3n) is 3.47. The normalized spacial score (nSPS) is 16.9. The molecule has 1 aromatic heterocycles. The van der Waals surface area contributed by atoms with E-state index in [1.807, 2.05) is 25.7 Å². The van der Waals surface area contributed by atoms with Crippen molar-refractivity contribution in [2.45, 2.75) is 33.2 Å². The monoisotopic (exact) mass is 291 g/mol. The fourth-order valence-corrected chi connectivity index (χ4v) is 2.30. The van der Waals surface area contributed by atoms with Crippen molar-refractivity contribution in [3.05, 3.63) is 18.0 Å². The van der Waals surface area contributed by atoms with Crippen molar-refractivity contribution in [1.29, 1.82) is 0 Å². The smallest absolute Gasteiger partial charge is 0.272 e. The van der Waals surface area contributed by atoms with Gasteiger partial charge in [-0.15, -0.1) is 0 Å². The molecular weight excluding hydrogens is 266 g/mol. The molecule has 0 saturated carbocycles. The van der Waals surface area contributed by atoms with E-state index < -0.39 is 0 Å². The van der Waals surface area contributed by atoms with Gasteiger partial charge in [-0.05, 0) is 33.4 Å². The molecule has 116 valence electrons. The lowest BCUT2D eigenvalue weighted by atomic mass is 10.1. The molecule has 1 aliphatic rings. The lowest BCUT2D eigenvalue weighted by Crippen LogP contribution is -2.48. The minimum absolute atomic E-state index is 0.00916. The molecule has 21 heavy (non-hydrogen) atoms. The second-order valence-electron chi connectivity index (χ2n) is 6.37. The number of carbonyl (C=O) groups excluding carboxylic acids is 1. The summed E-state index contributed by atoms with van der Waals surface area (Å²) < 4.78 is 0. The van der Waals surface area contributed by atoms with Crippen molar-refractivity contribution in [2.75, 3.05) is 38.0 Å². The van der Waals surface area contributed by atoms with Crippen LogP contribution >= 0.6 is 0 Å². The number of amides is 1. The molecule has 1 saturated heterocycles. The van der Waals surface area contributed by atoms with E-state index in [1.165, 1.54) is 0 Å². The predicted molar refractivity (Wildman–Crippen MR) is 83.4 cm³/mol. The zero-order chi connectivity index (χ0) is 15.5. The second kappa shape index (κ2) is 6.39. The molecule has 0 unspecified atom stereocenters. The molecule has 2 rings (SSSR count). The summed E-state index contributed by atoms with van der Waals surface area (Å²) >= 11 is 0. The number of rotatable bonds is 3. The first-order chi connectivity index (χ1) is 9.89. The summed E-state index contributed by atoms with van der Waals surface area (Å²) in [6.45, 7) is 12.7. The zero-order valence-electron chi connectivity index (χ0n) is 13.4. The molecule has 6 heteroatoms. The lowest BCUT2D eigenvalue weighted by Gasteiger charge is -2.33. The van der Waals surface area contributed by atoms with Crippen molar-refractivity contribution < 1.29 is 4.79 Å². The van der Waals surface area contributed by atoms with Gasteiger partial charge in [0.15, 0.2) is 0 Å². The maximum absolute atomic E-state index is 12.5. The molecule has 1 amide bonds. The van der Waals surface area contributed by atoms with Crippen molar-refractivity contribution in [3.63, 3.8) is 0 Å². The first-order valence-electron chi connectivity index (χ1n) is 7.52. The Kier molecular flexibility index (Phi) is 4.77. The minimum Gasteiger partial charge on any atom is -0.350 e. The van der Waals surface area contributed by atoms with Crippen LogP contribution in [0.2, 0.25) is 0 Å². The van der Waals surface area contributed by atoms with Crippen molar-refractivity contribution >= 4 is 11.9 Å². The summed E-state index contributed by atoms with van der Waals surface area (Å²) in [7, 11) is 0. The largest absolute Gasteiger partial charge is 0.350 e. The van der Waals surface area contributed by atoms with Gasteiger partial charge in [0, 0.05) is 37.9 Å². The van der Waals surface area contributed by atoms with E-state index in [-0.39, 0.29) is 11.4 Å². The van der Waals surface area contributed by atoms with Crippen LogP contribution < -0.4 is 5.32 Å². The van der Waals surface area contributed by atoms with Crippen LogP contribution in [-0.2, 0) is 0 Å². The van der Waals surface area contributed by atoms with Crippen LogP contribution in [-0.4, -0.2) is 63.9 Å². The Balaban J connectivity index is 2.04. The summed E-state index contributed by atoms with van der Waals surface area (Å²) in [4.78, 5) is 25.2. The summed E-state index contributed by atoms with van der Waals surface area (Å²) in [5.74, 6) is 0.491. The Morgan fingerprint density at radius 2 is 1.95 bits per heavy atom. The summed E-state index contributed by atoms with van der Waals surface area (Å²) in [5.41, 5.74) is 0.329. The van der Waals surface area contributed by atoms with Gasteiger partial charge in [0.25, 0.3) is 5.91 Å². The van der Waals surface area contributed by atoms with Gasteiger partial charge in [0.05, 0.1) is 0 Å². The van der Waals surface area contributed by atoms with E-state index in [2.05, 4.69) is 27.1 Å². The third kappa shape index (κ3) is 4.39. The summed E-state index contributed by atoms with van der Waals surface area (Å²) in [5, 5.41) is 3.19. The molecule has 0 aliphatic carbocycles. The number of aromatic nitrogens is 2. The molecule has 0 spiro atoms. The molecule has 1 aliphatic heterocycles. The average Bonchev–Trinajstić information content (AvgIpc) is 2.45. The van der Waals surface area contributed by atoms with Crippen LogP contribution in [0.3, 0.4) is 0 Å². The third-order valence-corrected chi connectivity index (χ3v) is 3.47. The average molecular weight is 291 g/mol. The number of anilines is 1. The SMILES string of the molecule is CCN1CCN(C(=O)c2ccnc(NC(C)(C)C)n2)CC1. The first-order valence-corrected chi connectivity index (χ1v) is 7.52. The van der Waals surface area contributed by atoms with Gasteiger partial charge in [-0.1, -0.05) is 6.92 Å². The molecule has 1 N–H and O–H groups in total. The molecule has 2 heterocycles. The highest BCUT2D eigenvalue weighted by atomic mass is 16.2. The van der Waals surface area contributed by atoms with E-state index in [1.54, 1.807) is 12.3 Å². The Bertz CT molecular complexity index is 489. The van der Waals surface area contributed by atoms with Gasteiger partial charge in [-0.3, -0.25) is 4.79 Å². The van der Waals surface area contributed by atoms with E-state index in [4.69, 9.17) is 0 Å². The molecule has 6 nitrogen and oxygen atoms in total. The number of hydrogen-bond donors (Lipinski definition) is 1. The highest BCUT2D eigenvalue weighted by Crippen LogP contribution is 2.12. The number of likely N-dealkylation sites (N-methyl/N-ethyl adjacent to an activating group) is 1. The molecular formula is C15H25N5O. The van der Waals surface area contributed by atoms with E-state index in [0.717, 1.165) is 32.7 Å². The standard InChI is InChI=1S/C15H25N5O/c1-5-19-8-10-20(11-9-19)13(21)12-6-7-16-14(17-12)18-15(2,3)4/h6-7H,5,8-11H2,1-4H3,(H,16,17,18). The Morgan fingerprint density at radius 3 is 2.52 bits per heavy atom. The first kappa shape index (κ1) is 15.7. The van der Waals surface area contributed by atoms with Crippen LogP contribution in [0, 0.1) is 0 Å². The number of nitrogens with one attached hydrogen (secondary N) is 1. The Hall–Kier alpha value is -1.69. The minimum atomic E-state index is -0.131. The molecule has 0 atom stereocenters. The number of nitrogens with zero attached hydrogens (tertiary/aromatic N) is 4. The highest BCUT2D eigenvalue weighted by Gasteiger charge is 2.23. The van der Waals surface area contributed by atoms with Gasteiger partial charge in [-0.2, -0.15) is 0 Å². The number of piperazine rings is 1. The van der Waals surface area contributed by atoms with Crippen LogP contribution in [0.1, 0.15) is 38.2 Å². The summed E-state index contributed by atoms with van der Waals surface area (Å²) in [6.07, 6.45) is 1.64. The van der Waals surface area contributed by atoms with Crippen LogP contribution in [0.25, 0.3) is 0 Å². The van der Waals surface area contributed by atoms with Gasteiger partial charge >= 0.3 is 0 Å². The Morgan fingerprint density at radius 1 is 1.29 bits per heavy atom. The fraction of sp³-hybridized carbons (Fsp3) is 0.667. The van der Waals surface area contributed by atoms with Gasteiger partial charge in [-0.25, -0.2) is 9.97 Å². The van der Waals surface area contributed by atoms with Crippen molar-refractivity contribution in [3.8, 4) is 0 Å². The predicted octanol–water partition coefficient (Wildman–Crippen LogP) is 1.46. The van der Waals surface area contributed by atoms with Gasteiger partial charge in [0.2, 0.25) is 5.95 Å². The maximum atomic E-state index is 12.5. The Labute approximate surface area is 126 Å². The topological polar surface area (TPSA) is 61.4 Å². The van der Waals surface area contributed by atoms with Crippen molar-refractivity contribution in [2.24, 2.45) is 0 Å². The van der Waals surface area contributed by atoms with Crippen LogP contribution in [0.15, 0.2) is 12.3 Å². The molecule has 0 radical (unpaired) electrons. The molecule has 1 fully saturated rings. The molecule has 1 aromatic rings. The van der Waals surface area contributed by atoms with Crippen molar-refractivity contribution in [1.82, 2.24) is 19.8 Å². The van der Waals surface area contributed by atoms with Crippen LogP contribution in [0.4, 0.5) is 5.95 Å². The zero-order valence-corrected chi connectivity index (χ0v) is 13.4. The van der Waals surface area contributed by atoms with E-state index in [0.29, 0.717) is 11.6 Å². The van der Waals surface area contributed by atoms with Gasteiger partial charge < -0.3 is 15.1 Å². The lowest BCUT2D eigenvalue weighted by molar-refractivity contribution is 0.0637. The highest BCUT2D eigenvalue weighted by molar-refractivity contribution is 5.92. The fourth-order valence-electron chi connectivity index (χ4n) is 2.30. The number of hydrogen-bond acceptors (Lipinski definition) is 5. The molecule has 0 bridgehead atoms. The van der Waals surface area contributed by atoms with Crippen LogP contribution in [0.5, 0.6) is 0 Å². The number of carbonyl (C=O) groups is 1. The molecule has 0 aromatic carbocycles. The quantitative estimate of drug-likeness (QED) is 0.913. The van der Waals surface area contributed by atoms with E-state index in [9.17, 15) is 4.79 Å². The second-order valence-corrected chi connectivity index (χ2v) is 6.37.